The molecule has 2 rings (SSSR count). The van der Waals surface area contributed by atoms with Crippen molar-refractivity contribution in [1.29, 1.82) is 0 Å². The lowest BCUT2D eigenvalue weighted by Crippen LogP contribution is -2.40. The smallest absolute Gasteiger partial charge is 0.250 e. The molecule has 5 nitrogen and oxygen atoms in total. The second kappa shape index (κ2) is 9.50. The van der Waals surface area contributed by atoms with Crippen LogP contribution in [0.4, 0.5) is 0 Å². The maximum Gasteiger partial charge on any atom is 0.250 e. The van der Waals surface area contributed by atoms with E-state index < -0.39 is 0 Å². The molecule has 0 amide bonds. The van der Waals surface area contributed by atoms with Crippen LogP contribution in [0.3, 0.4) is 0 Å². The van der Waals surface area contributed by atoms with Crippen molar-refractivity contribution >= 4 is 5.96 Å². The maximum atomic E-state index is 11.6. The number of aromatic nitrogens is 1. The van der Waals surface area contributed by atoms with Crippen LogP contribution in [-0.4, -0.2) is 42.1 Å². The number of nitrogens with one attached hydrogen (secondary N) is 1. The Labute approximate surface area is 145 Å². The highest BCUT2D eigenvalue weighted by Crippen LogP contribution is 2.23. The molecule has 24 heavy (non-hydrogen) atoms. The fraction of sp³-hybridized carbons (Fsp3) is 0.684. The number of guanidine groups is 1. The fourth-order valence-corrected chi connectivity index (χ4v) is 3.47. The van der Waals surface area contributed by atoms with Gasteiger partial charge in [0.2, 0.25) is 5.56 Å². The summed E-state index contributed by atoms with van der Waals surface area (Å²) in [4.78, 5) is 18.5. The van der Waals surface area contributed by atoms with Gasteiger partial charge >= 0.3 is 0 Å². The second-order valence-electron chi connectivity index (χ2n) is 7.14. The monoisotopic (exact) mass is 332 g/mol. The standard InChI is InChI=1S/C19H32N4O/c1-16(2)14-17-9-13-23(15-17)19(20-3)21-10-5-7-12-22-11-6-4-8-18(22)24/h4,6,8,11,16-17H,5,7,9-10,12-15H2,1-3H3,(H,20,21). The van der Waals surface area contributed by atoms with E-state index in [0.717, 1.165) is 56.8 Å². The van der Waals surface area contributed by atoms with Gasteiger partial charge in [0, 0.05) is 45.5 Å². The number of aryl methyl sites for hydroxylation is 1. The van der Waals surface area contributed by atoms with E-state index in [1.165, 1.54) is 12.8 Å². The van der Waals surface area contributed by atoms with Crippen LogP contribution in [0.2, 0.25) is 0 Å². The zero-order chi connectivity index (χ0) is 17.4. The lowest BCUT2D eigenvalue weighted by molar-refractivity contribution is 0.403. The normalized spacial score (nSPS) is 18.4. The number of likely N-dealkylation sites (tertiary alicyclic amines) is 1. The van der Waals surface area contributed by atoms with Crippen molar-refractivity contribution in [3.8, 4) is 0 Å². The SMILES string of the molecule is CN=C(NCCCCn1ccccc1=O)N1CCC(CC(C)C)C1. The first-order valence-electron chi connectivity index (χ1n) is 9.21. The Balaban J connectivity index is 1.67. The van der Waals surface area contributed by atoms with Crippen molar-refractivity contribution in [2.45, 2.75) is 46.1 Å². The summed E-state index contributed by atoms with van der Waals surface area (Å²) in [5.74, 6) is 2.60. The lowest BCUT2D eigenvalue weighted by atomic mass is 9.97. The Hall–Kier alpha value is -1.78. The minimum atomic E-state index is 0.0783. The van der Waals surface area contributed by atoms with E-state index >= 15 is 0 Å². The number of nitrogens with zero attached hydrogens (tertiary/aromatic N) is 3. The molecule has 2 heterocycles. The van der Waals surface area contributed by atoms with Crippen LogP contribution in [0, 0.1) is 11.8 Å². The van der Waals surface area contributed by atoms with Gasteiger partial charge in [-0.25, -0.2) is 0 Å². The molecule has 5 heteroatoms. The fourth-order valence-electron chi connectivity index (χ4n) is 3.47. The Morgan fingerprint density at radius 1 is 1.38 bits per heavy atom. The van der Waals surface area contributed by atoms with Crippen LogP contribution in [0.25, 0.3) is 0 Å². The first-order valence-corrected chi connectivity index (χ1v) is 9.21. The van der Waals surface area contributed by atoms with Crippen molar-refractivity contribution in [2.75, 3.05) is 26.7 Å². The molecule has 1 saturated heterocycles. The molecule has 1 atom stereocenters. The van der Waals surface area contributed by atoms with E-state index in [4.69, 9.17) is 0 Å². The van der Waals surface area contributed by atoms with Gasteiger partial charge in [-0.05, 0) is 43.6 Å². The second-order valence-corrected chi connectivity index (χ2v) is 7.14. The summed E-state index contributed by atoms with van der Waals surface area (Å²) in [7, 11) is 1.86. The molecule has 1 unspecified atom stereocenters. The topological polar surface area (TPSA) is 49.6 Å². The molecule has 0 aromatic carbocycles. The highest BCUT2D eigenvalue weighted by Gasteiger charge is 2.25. The molecule has 1 aliphatic heterocycles. The van der Waals surface area contributed by atoms with Crippen LogP contribution in [-0.2, 0) is 6.54 Å². The zero-order valence-electron chi connectivity index (χ0n) is 15.4. The predicted molar refractivity (Wildman–Crippen MR) is 100 cm³/mol. The molecule has 0 saturated carbocycles. The molecule has 0 aliphatic carbocycles. The van der Waals surface area contributed by atoms with Crippen LogP contribution in [0.1, 0.15) is 39.5 Å². The predicted octanol–water partition coefficient (Wildman–Crippen LogP) is 2.57. The summed E-state index contributed by atoms with van der Waals surface area (Å²) in [5.41, 5.74) is 0.0783. The lowest BCUT2D eigenvalue weighted by Gasteiger charge is -2.22. The van der Waals surface area contributed by atoms with E-state index in [-0.39, 0.29) is 5.56 Å². The van der Waals surface area contributed by atoms with E-state index in [0.29, 0.717) is 0 Å². The number of rotatable bonds is 7. The van der Waals surface area contributed by atoms with Crippen LogP contribution >= 0.6 is 0 Å². The highest BCUT2D eigenvalue weighted by molar-refractivity contribution is 5.80. The van der Waals surface area contributed by atoms with Crippen molar-refractivity contribution in [3.05, 3.63) is 34.7 Å². The summed E-state index contributed by atoms with van der Waals surface area (Å²) in [5, 5.41) is 3.47. The van der Waals surface area contributed by atoms with Crippen molar-refractivity contribution < 1.29 is 0 Å². The van der Waals surface area contributed by atoms with Crippen molar-refractivity contribution in [1.82, 2.24) is 14.8 Å². The third kappa shape index (κ3) is 5.69. The Morgan fingerprint density at radius 2 is 2.21 bits per heavy atom. The third-order valence-electron chi connectivity index (χ3n) is 4.61. The van der Waals surface area contributed by atoms with Gasteiger partial charge in [-0.3, -0.25) is 9.79 Å². The van der Waals surface area contributed by atoms with Gasteiger partial charge in [-0.2, -0.15) is 0 Å². The number of hydrogen-bond donors (Lipinski definition) is 1. The van der Waals surface area contributed by atoms with Crippen LogP contribution in [0.5, 0.6) is 0 Å². The molecule has 134 valence electrons. The quantitative estimate of drug-likeness (QED) is 0.474. The summed E-state index contributed by atoms with van der Waals surface area (Å²) in [6.07, 6.45) is 6.45. The van der Waals surface area contributed by atoms with Gasteiger partial charge < -0.3 is 14.8 Å². The van der Waals surface area contributed by atoms with Gasteiger partial charge in [-0.15, -0.1) is 0 Å². The summed E-state index contributed by atoms with van der Waals surface area (Å²) in [6, 6.07) is 5.30. The average molecular weight is 332 g/mol. The minimum absolute atomic E-state index is 0.0783. The van der Waals surface area contributed by atoms with Gasteiger partial charge in [0.05, 0.1) is 0 Å². The number of unbranched alkanes of at least 4 members (excludes halogenated alkanes) is 1. The molecule has 0 bridgehead atoms. The first kappa shape index (κ1) is 18.6. The minimum Gasteiger partial charge on any atom is -0.356 e. The van der Waals surface area contributed by atoms with Gasteiger partial charge in [-0.1, -0.05) is 19.9 Å². The molecular weight excluding hydrogens is 300 g/mol. The average Bonchev–Trinajstić information content (AvgIpc) is 3.00. The van der Waals surface area contributed by atoms with Gasteiger partial charge in [0.25, 0.3) is 0 Å². The first-order chi connectivity index (χ1) is 11.6. The van der Waals surface area contributed by atoms with Crippen LogP contribution in [0.15, 0.2) is 34.2 Å². The van der Waals surface area contributed by atoms with Gasteiger partial charge in [0.15, 0.2) is 5.96 Å². The third-order valence-corrected chi connectivity index (χ3v) is 4.61. The zero-order valence-corrected chi connectivity index (χ0v) is 15.4. The van der Waals surface area contributed by atoms with Crippen molar-refractivity contribution in [3.63, 3.8) is 0 Å². The van der Waals surface area contributed by atoms with Crippen molar-refractivity contribution in [2.24, 2.45) is 16.8 Å². The van der Waals surface area contributed by atoms with Gasteiger partial charge in [0.1, 0.15) is 0 Å². The Morgan fingerprint density at radius 3 is 2.92 bits per heavy atom. The Kier molecular flexibility index (Phi) is 7.35. The number of aliphatic imine (C=N–C) groups is 1. The van der Waals surface area contributed by atoms with Crippen LogP contribution < -0.4 is 10.9 Å². The molecule has 1 fully saturated rings. The molecule has 0 spiro atoms. The largest absolute Gasteiger partial charge is 0.356 e. The molecule has 1 aliphatic rings. The molecule has 0 radical (unpaired) electrons. The summed E-state index contributed by atoms with van der Waals surface area (Å²) < 4.78 is 1.77. The molecule has 1 N–H and O–H groups in total. The molecule has 1 aromatic heterocycles. The van der Waals surface area contributed by atoms with E-state index in [1.807, 2.05) is 19.3 Å². The molecular formula is C19H32N4O. The molecule has 1 aromatic rings. The Bertz CT molecular complexity index is 579. The van der Waals surface area contributed by atoms with E-state index in [2.05, 4.69) is 29.1 Å². The number of pyridine rings is 1. The maximum absolute atomic E-state index is 11.6. The number of hydrogen-bond acceptors (Lipinski definition) is 2. The summed E-state index contributed by atoms with van der Waals surface area (Å²) in [6.45, 7) is 8.51. The highest BCUT2D eigenvalue weighted by atomic mass is 16.1. The van der Waals surface area contributed by atoms with E-state index in [9.17, 15) is 4.79 Å². The summed E-state index contributed by atoms with van der Waals surface area (Å²) >= 11 is 0. The van der Waals surface area contributed by atoms with E-state index in [1.54, 1.807) is 16.7 Å².